The second-order valence-electron chi connectivity index (χ2n) is 17.0. The highest BCUT2D eigenvalue weighted by atomic mass is 32.1. The first-order chi connectivity index (χ1) is 30.9. The third kappa shape index (κ3) is 5.12. The highest BCUT2D eigenvalue weighted by molar-refractivity contribution is 7.70. The summed E-state index contributed by atoms with van der Waals surface area (Å²) < 4.78 is 22.3. The summed E-state index contributed by atoms with van der Waals surface area (Å²) in [4.78, 5) is 11.4. The van der Waals surface area contributed by atoms with Gasteiger partial charge < -0.3 is 9.30 Å². The number of nitrogens with zero attached hydrogens (tertiary/aromatic N) is 2. The predicted molar refractivity (Wildman–Crippen MR) is 263 cm³/mol. The van der Waals surface area contributed by atoms with Crippen LogP contribution in [-0.2, 0) is 9.98 Å². The van der Waals surface area contributed by atoms with Crippen molar-refractivity contribution in [1.82, 2.24) is 9.97 Å². The Labute approximate surface area is 368 Å². The number of para-hydroxylation sites is 2. The number of ether oxygens (including phenoxy) is 1. The SMILES string of the molecule is CP(C)(=O)c1cccc(-c2c3ccccc3c(-c3nc(-c4cccc5c4-c4ccccc4C54c5ccccc5Oc5ccccc54)c4sc5ccccc5c4n3)c3ccccc23)c1. The van der Waals surface area contributed by atoms with Crippen LogP contribution in [0.3, 0.4) is 0 Å². The fourth-order valence-corrected chi connectivity index (χ4v) is 12.7. The van der Waals surface area contributed by atoms with Crippen molar-refractivity contribution in [2.45, 2.75) is 5.41 Å². The number of aromatic nitrogens is 2. The van der Waals surface area contributed by atoms with E-state index in [1.54, 1.807) is 11.3 Å². The number of benzene rings is 9. The Kier molecular flexibility index (Phi) is 7.77. The quantitative estimate of drug-likeness (QED) is 0.131. The van der Waals surface area contributed by atoms with Gasteiger partial charge in [0.15, 0.2) is 5.82 Å². The van der Waals surface area contributed by atoms with Gasteiger partial charge in [0.25, 0.3) is 0 Å². The first-order valence-electron chi connectivity index (χ1n) is 21.3. The second-order valence-corrected chi connectivity index (χ2v) is 21.3. The molecule has 0 saturated carbocycles. The van der Waals surface area contributed by atoms with E-state index in [2.05, 4.69) is 176 Å². The number of hydrogen-bond acceptors (Lipinski definition) is 5. The van der Waals surface area contributed by atoms with Gasteiger partial charge in [-0.25, -0.2) is 9.97 Å². The molecule has 0 saturated heterocycles. The van der Waals surface area contributed by atoms with Crippen LogP contribution < -0.4 is 10.0 Å². The lowest BCUT2D eigenvalue weighted by Gasteiger charge is -2.39. The van der Waals surface area contributed by atoms with E-state index in [9.17, 15) is 4.57 Å². The fraction of sp³-hybridized carbons (Fsp3) is 0.0526. The van der Waals surface area contributed by atoms with Crippen LogP contribution >= 0.6 is 18.5 Å². The van der Waals surface area contributed by atoms with Crippen LogP contribution in [0.5, 0.6) is 11.5 Å². The lowest BCUT2D eigenvalue weighted by atomic mass is 9.66. The monoisotopic (exact) mass is 844 g/mol. The largest absolute Gasteiger partial charge is 0.457 e. The van der Waals surface area contributed by atoms with Crippen LogP contribution in [-0.4, -0.2) is 23.3 Å². The van der Waals surface area contributed by atoms with E-state index in [1.807, 2.05) is 25.5 Å². The average Bonchev–Trinajstić information content (AvgIpc) is 3.84. The number of hydrogen-bond donors (Lipinski definition) is 0. The minimum Gasteiger partial charge on any atom is -0.457 e. The molecule has 11 aromatic rings. The highest BCUT2D eigenvalue weighted by Crippen LogP contribution is 2.63. The van der Waals surface area contributed by atoms with Crippen molar-refractivity contribution in [3.8, 4) is 56.4 Å². The molecule has 2 aliphatic rings. The Morgan fingerprint density at radius 3 is 1.71 bits per heavy atom. The van der Waals surface area contributed by atoms with Gasteiger partial charge in [-0.15, -0.1) is 11.3 Å². The predicted octanol–water partition coefficient (Wildman–Crippen LogP) is 14.9. The van der Waals surface area contributed by atoms with Gasteiger partial charge in [-0.1, -0.05) is 164 Å². The van der Waals surface area contributed by atoms with E-state index < -0.39 is 12.6 Å². The molecule has 1 aliphatic heterocycles. The summed E-state index contributed by atoms with van der Waals surface area (Å²) in [5.41, 5.74) is 12.6. The Hall–Kier alpha value is -7.17. The van der Waals surface area contributed by atoms with Gasteiger partial charge in [-0.05, 0) is 92.5 Å². The van der Waals surface area contributed by atoms with Gasteiger partial charge in [-0.2, -0.15) is 0 Å². The molecule has 0 bridgehead atoms. The van der Waals surface area contributed by atoms with Gasteiger partial charge in [0, 0.05) is 37.6 Å². The Balaban J connectivity index is 1.14. The molecule has 0 fully saturated rings. The minimum absolute atomic E-state index is 0.606. The molecule has 0 amide bonds. The summed E-state index contributed by atoms with van der Waals surface area (Å²) in [6.07, 6.45) is 0. The Morgan fingerprint density at radius 1 is 0.492 bits per heavy atom. The number of fused-ring (bicyclic) bond motifs is 14. The van der Waals surface area contributed by atoms with E-state index in [4.69, 9.17) is 14.7 Å². The van der Waals surface area contributed by atoms with Crippen molar-refractivity contribution in [2.75, 3.05) is 13.3 Å². The molecule has 1 spiro atoms. The summed E-state index contributed by atoms with van der Waals surface area (Å²) in [6.45, 7) is 3.68. The van der Waals surface area contributed by atoms with E-state index in [-0.39, 0.29) is 0 Å². The van der Waals surface area contributed by atoms with Crippen LogP contribution in [0.15, 0.2) is 188 Å². The van der Waals surface area contributed by atoms with Crippen molar-refractivity contribution in [2.24, 2.45) is 0 Å². The van der Waals surface area contributed by atoms with Crippen molar-refractivity contribution < 1.29 is 9.30 Å². The molecule has 0 unspecified atom stereocenters. The van der Waals surface area contributed by atoms with E-state index >= 15 is 0 Å². The van der Waals surface area contributed by atoms with Gasteiger partial charge in [0.1, 0.15) is 18.6 Å². The maximum Gasteiger partial charge on any atom is 0.161 e. The maximum absolute atomic E-state index is 13.4. The number of rotatable bonds is 4. The highest BCUT2D eigenvalue weighted by Gasteiger charge is 2.51. The molecule has 0 atom stereocenters. The first-order valence-corrected chi connectivity index (χ1v) is 24.7. The molecule has 13 rings (SSSR count). The van der Waals surface area contributed by atoms with Crippen LogP contribution in [0.25, 0.3) is 86.7 Å². The molecule has 0 N–H and O–H groups in total. The van der Waals surface area contributed by atoms with Crippen LogP contribution in [0.1, 0.15) is 22.3 Å². The van der Waals surface area contributed by atoms with Crippen molar-refractivity contribution in [3.63, 3.8) is 0 Å². The summed E-state index contributed by atoms with van der Waals surface area (Å²) in [7, 11) is -2.51. The Bertz CT molecular complexity index is 3700. The normalized spacial score (nSPS) is 13.6. The second kappa shape index (κ2) is 13.4. The van der Waals surface area contributed by atoms with Gasteiger partial charge in [-0.3, -0.25) is 0 Å². The summed E-state index contributed by atoms with van der Waals surface area (Å²) in [6, 6.07) is 66.8. The smallest absolute Gasteiger partial charge is 0.161 e. The van der Waals surface area contributed by atoms with Crippen molar-refractivity contribution in [1.29, 1.82) is 0 Å². The molecule has 298 valence electrons. The third-order valence-electron chi connectivity index (χ3n) is 13.3. The zero-order chi connectivity index (χ0) is 42.0. The van der Waals surface area contributed by atoms with Crippen LogP contribution in [0.4, 0.5) is 0 Å². The molecule has 3 heterocycles. The van der Waals surface area contributed by atoms with E-state index in [1.165, 1.54) is 27.0 Å². The van der Waals surface area contributed by atoms with Gasteiger partial charge in [0.05, 0.1) is 21.3 Å². The van der Waals surface area contributed by atoms with Crippen LogP contribution in [0.2, 0.25) is 0 Å². The van der Waals surface area contributed by atoms with Crippen LogP contribution in [0, 0.1) is 0 Å². The topological polar surface area (TPSA) is 52.1 Å². The molecular formula is C57H37N2O2PS. The lowest BCUT2D eigenvalue weighted by molar-refractivity contribution is 0.436. The summed E-state index contributed by atoms with van der Waals surface area (Å²) in [5, 5.41) is 6.31. The molecule has 0 radical (unpaired) electrons. The van der Waals surface area contributed by atoms with Crippen molar-refractivity contribution >= 4 is 65.6 Å². The number of thiophene rings is 1. The lowest BCUT2D eigenvalue weighted by Crippen LogP contribution is -2.32. The maximum atomic E-state index is 13.4. The van der Waals surface area contributed by atoms with E-state index in [0.717, 1.165) is 93.0 Å². The van der Waals surface area contributed by atoms with E-state index in [0.29, 0.717) is 5.82 Å². The molecule has 6 heteroatoms. The third-order valence-corrected chi connectivity index (χ3v) is 15.9. The van der Waals surface area contributed by atoms with Crippen molar-refractivity contribution in [3.05, 3.63) is 210 Å². The zero-order valence-corrected chi connectivity index (χ0v) is 36.2. The fourth-order valence-electron chi connectivity index (χ4n) is 10.7. The molecule has 4 nitrogen and oxygen atoms in total. The molecule has 1 aliphatic carbocycles. The summed E-state index contributed by atoms with van der Waals surface area (Å²) in [5.74, 6) is 2.42. The molecule has 63 heavy (non-hydrogen) atoms. The average molecular weight is 845 g/mol. The molecular weight excluding hydrogens is 808 g/mol. The standard InChI is InChI=1S/C57H37N2O2PS/c1-62(2,60)35-18-15-17-34(33-35)50-36-19-3-5-21-38(36)52(39-22-6-4-20-37(39)50)56-58-53-41-24-8-14-32-49(41)63-55(53)54(59-56)42-25-16-29-46-51(42)40-23-7-9-26-43(40)57(46)44-27-10-12-30-47(44)61-48-31-13-11-28-45(48)57/h3-33H,1-2H3. The summed E-state index contributed by atoms with van der Waals surface area (Å²) >= 11 is 1.76. The molecule has 2 aromatic heterocycles. The molecule has 9 aromatic carbocycles. The Morgan fingerprint density at radius 2 is 1.03 bits per heavy atom. The van der Waals surface area contributed by atoms with Gasteiger partial charge >= 0.3 is 0 Å². The van der Waals surface area contributed by atoms with Gasteiger partial charge in [0.2, 0.25) is 0 Å². The zero-order valence-electron chi connectivity index (χ0n) is 34.5. The first kappa shape index (κ1) is 36.5. The minimum atomic E-state index is -2.51.